The van der Waals surface area contributed by atoms with E-state index in [1.807, 2.05) is 0 Å². The third kappa shape index (κ3) is 9.64. The Morgan fingerprint density at radius 2 is 1.41 bits per heavy atom. The maximum Gasteiger partial charge on any atom is 0.00329 e. The van der Waals surface area contributed by atoms with Crippen molar-refractivity contribution in [3.63, 3.8) is 0 Å². The molecule has 0 heterocycles. The van der Waals surface area contributed by atoms with Crippen LogP contribution in [0.5, 0.6) is 0 Å². The lowest BCUT2D eigenvalue weighted by atomic mass is 9.85. The molecule has 17 heavy (non-hydrogen) atoms. The average molecular weight is 241 g/mol. The average Bonchev–Trinajstić information content (AvgIpc) is 2.12. The highest BCUT2D eigenvalue weighted by Crippen LogP contribution is 2.26. The van der Waals surface area contributed by atoms with Gasteiger partial charge in [0.2, 0.25) is 0 Å². The summed E-state index contributed by atoms with van der Waals surface area (Å²) in [5.41, 5.74) is 0.881. The Morgan fingerprint density at radius 1 is 0.824 bits per heavy atom. The molecular weight excluding hydrogens is 206 g/mol. The summed E-state index contributed by atoms with van der Waals surface area (Å²) in [6.45, 7) is 20.2. The van der Waals surface area contributed by atoms with E-state index in [4.69, 9.17) is 0 Å². The zero-order valence-corrected chi connectivity index (χ0v) is 13.4. The zero-order chi connectivity index (χ0) is 13.5. The van der Waals surface area contributed by atoms with Crippen molar-refractivity contribution in [1.29, 1.82) is 0 Å². The van der Waals surface area contributed by atoms with Crippen molar-refractivity contribution >= 4 is 0 Å². The van der Waals surface area contributed by atoms with E-state index < -0.39 is 0 Å². The highest BCUT2D eigenvalue weighted by atomic mass is 15.1. The van der Waals surface area contributed by atoms with Crippen molar-refractivity contribution in [3.05, 3.63) is 0 Å². The smallest absolute Gasteiger partial charge is 0.00329 e. The predicted octanol–water partition coefficient (Wildman–Crippen LogP) is 4.96. The Hall–Kier alpha value is -0.0400. The monoisotopic (exact) mass is 241 g/mol. The Labute approximate surface area is 110 Å². The maximum atomic E-state index is 2.66. The molecule has 0 aromatic carbocycles. The van der Waals surface area contributed by atoms with Gasteiger partial charge < -0.3 is 4.90 Å². The number of hydrogen-bond acceptors (Lipinski definition) is 1. The van der Waals surface area contributed by atoms with Crippen molar-refractivity contribution in [2.24, 2.45) is 10.8 Å². The predicted molar refractivity (Wildman–Crippen MR) is 79.5 cm³/mol. The van der Waals surface area contributed by atoms with Gasteiger partial charge in [-0.3, -0.25) is 0 Å². The van der Waals surface area contributed by atoms with Gasteiger partial charge >= 0.3 is 0 Å². The lowest BCUT2D eigenvalue weighted by Crippen LogP contribution is -2.39. The molecule has 0 fully saturated rings. The Balaban J connectivity index is 4.31. The molecule has 0 aromatic heterocycles. The molecule has 0 aromatic rings. The summed E-state index contributed by atoms with van der Waals surface area (Å²) in [6, 6.07) is 0. The Bertz CT molecular complexity index is 188. The summed E-state index contributed by atoms with van der Waals surface area (Å²) >= 11 is 0. The van der Waals surface area contributed by atoms with Crippen LogP contribution in [0.2, 0.25) is 0 Å². The van der Waals surface area contributed by atoms with Crippen molar-refractivity contribution in [2.75, 3.05) is 19.6 Å². The van der Waals surface area contributed by atoms with E-state index in [1.54, 1.807) is 0 Å². The van der Waals surface area contributed by atoms with E-state index >= 15 is 0 Å². The highest BCUT2D eigenvalue weighted by molar-refractivity contribution is 4.77. The molecule has 0 N–H and O–H groups in total. The molecule has 0 atom stereocenters. The molecule has 0 saturated heterocycles. The van der Waals surface area contributed by atoms with Crippen LogP contribution in [0.15, 0.2) is 0 Å². The molecule has 0 amide bonds. The van der Waals surface area contributed by atoms with Crippen molar-refractivity contribution in [2.45, 2.75) is 74.1 Å². The van der Waals surface area contributed by atoms with Crippen LogP contribution in [0.25, 0.3) is 0 Å². The van der Waals surface area contributed by atoms with Gasteiger partial charge in [0.15, 0.2) is 0 Å². The first-order valence-corrected chi connectivity index (χ1v) is 7.42. The summed E-state index contributed by atoms with van der Waals surface area (Å²) in [5, 5.41) is 0. The van der Waals surface area contributed by atoms with Gasteiger partial charge in [0.25, 0.3) is 0 Å². The molecule has 1 nitrogen and oxygen atoms in total. The number of hydrogen-bond donors (Lipinski definition) is 0. The van der Waals surface area contributed by atoms with Gasteiger partial charge in [-0.05, 0) is 30.2 Å². The second-order valence-corrected chi connectivity index (χ2v) is 7.54. The van der Waals surface area contributed by atoms with Crippen LogP contribution in [-0.4, -0.2) is 24.5 Å². The lowest BCUT2D eigenvalue weighted by molar-refractivity contribution is 0.126. The summed E-state index contributed by atoms with van der Waals surface area (Å²) in [5.74, 6) is 0. The van der Waals surface area contributed by atoms with Gasteiger partial charge in [-0.25, -0.2) is 0 Å². The molecule has 0 saturated carbocycles. The molecule has 0 radical (unpaired) electrons. The molecule has 0 bridgehead atoms. The summed E-state index contributed by atoms with van der Waals surface area (Å²) in [4.78, 5) is 2.66. The number of rotatable bonds is 8. The topological polar surface area (TPSA) is 3.24 Å². The summed E-state index contributed by atoms with van der Waals surface area (Å²) in [6.07, 6.45) is 5.30. The molecule has 104 valence electrons. The van der Waals surface area contributed by atoms with Gasteiger partial charge in [0.1, 0.15) is 0 Å². The molecular formula is C16H35N. The third-order valence-electron chi connectivity index (χ3n) is 3.10. The SMILES string of the molecule is CCCCC(C)(C)CN(CCC)CC(C)(C)C. The Kier molecular flexibility index (Phi) is 7.39. The molecule has 0 rings (SSSR count). The number of nitrogens with zero attached hydrogens (tertiary/aromatic N) is 1. The van der Waals surface area contributed by atoms with Crippen molar-refractivity contribution in [3.8, 4) is 0 Å². The minimum absolute atomic E-state index is 0.413. The van der Waals surface area contributed by atoms with Gasteiger partial charge in [-0.1, -0.05) is 61.3 Å². The zero-order valence-electron chi connectivity index (χ0n) is 13.4. The van der Waals surface area contributed by atoms with E-state index in [0.29, 0.717) is 10.8 Å². The fourth-order valence-electron chi connectivity index (χ4n) is 2.54. The first-order valence-electron chi connectivity index (χ1n) is 7.42. The van der Waals surface area contributed by atoms with Crippen molar-refractivity contribution in [1.82, 2.24) is 4.90 Å². The van der Waals surface area contributed by atoms with Gasteiger partial charge in [0.05, 0.1) is 0 Å². The van der Waals surface area contributed by atoms with Gasteiger partial charge in [0, 0.05) is 13.1 Å². The summed E-state index contributed by atoms with van der Waals surface area (Å²) < 4.78 is 0. The molecule has 0 aliphatic heterocycles. The quantitative estimate of drug-likeness (QED) is 0.580. The van der Waals surface area contributed by atoms with Crippen LogP contribution in [0, 0.1) is 10.8 Å². The van der Waals surface area contributed by atoms with Crippen LogP contribution in [0.3, 0.4) is 0 Å². The molecule has 0 unspecified atom stereocenters. The van der Waals surface area contributed by atoms with E-state index in [9.17, 15) is 0 Å². The van der Waals surface area contributed by atoms with Crippen LogP contribution >= 0.6 is 0 Å². The van der Waals surface area contributed by atoms with E-state index in [-0.39, 0.29) is 0 Å². The largest absolute Gasteiger partial charge is 0.302 e. The normalized spacial score (nSPS) is 13.4. The van der Waals surface area contributed by atoms with Gasteiger partial charge in [-0.15, -0.1) is 0 Å². The van der Waals surface area contributed by atoms with E-state index in [0.717, 1.165) is 0 Å². The van der Waals surface area contributed by atoms with E-state index in [1.165, 1.54) is 45.3 Å². The van der Waals surface area contributed by atoms with Crippen LogP contribution < -0.4 is 0 Å². The van der Waals surface area contributed by atoms with Crippen LogP contribution in [-0.2, 0) is 0 Å². The molecule has 0 aliphatic carbocycles. The molecule has 1 heteroatoms. The number of unbranched alkanes of at least 4 members (excludes halogenated alkanes) is 1. The highest BCUT2D eigenvalue weighted by Gasteiger charge is 2.23. The van der Waals surface area contributed by atoms with Crippen LogP contribution in [0.4, 0.5) is 0 Å². The fraction of sp³-hybridized carbons (Fsp3) is 1.00. The van der Waals surface area contributed by atoms with E-state index in [2.05, 4.69) is 53.4 Å². The lowest BCUT2D eigenvalue weighted by Gasteiger charge is -2.36. The molecule has 0 aliphatic rings. The first-order chi connectivity index (χ1) is 7.70. The summed E-state index contributed by atoms with van der Waals surface area (Å²) in [7, 11) is 0. The minimum Gasteiger partial charge on any atom is -0.302 e. The first kappa shape index (κ1) is 17.0. The minimum atomic E-state index is 0.413. The third-order valence-corrected chi connectivity index (χ3v) is 3.10. The maximum absolute atomic E-state index is 2.66. The van der Waals surface area contributed by atoms with Gasteiger partial charge in [-0.2, -0.15) is 0 Å². The fourth-order valence-corrected chi connectivity index (χ4v) is 2.54. The second kappa shape index (κ2) is 7.41. The second-order valence-electron chi connectivity index (χ2n) is 7.54. The standard InChI is InChI=1S/C16H35N/c1-8-10-11-16(6,7)14-17(12-9-2)13-15(3,4)5/h8-14H2,1-7H3. The molecule has 0 spiro atoms. The van der Waals surface area contributed by atoms with Crippen molar-refractivity contribution < 1.29 is 0 Å². The van der Waals surface area contributed by atoms with Crippen LogP contribution in [0.1, 0.15) is 74.1 Å². The Morgan fingerprint density at radius 3 is 1.82 bits per heavy atom.